The van der Waals surface area contributed by atoms with Gasteiger partial charge in [0.1, 0.15) is 11.3 Å². The van der Waals surface area contributed by atoms with Crippen molar-refractivity contribution in [1.29, 1.82) is 0 Å². The van der Waals surface area contributed by atoms with Crippen LogP contribution in [0.4, 0.5) is 5.13 Å². The molecular weight excluding hydrogens is 290 g/mol. The molecule has 21 heavy (non-hydrogen) atoms. The Morgan fingerprint density at radius 2 is 1.81 bits per heavy atom. The van der Waals surface area contributed by atoms with Crippen molar-refractivity contribution in [2.45, 2.75) is 26.8 Å². The van der Waals surface area contributed by atoms with Gasteiger partial charge in [-0.05, 0) is 5.92 Å². The monoisotopic (exact) mass is 309 g/mol. The summed E-state index contributed by atoms with van der Waals surface area (Å²) in [7, 11) is 3.13. The summed E-state index contributed by atoms with van der Waals surface area (Å²) in [6, 6.07) is 0. The van der Waals surface area contributed by atoms with Crippen molar-refractivity contribution < 1.29 is 9.47 Å². The van der Waals surface area contributed by atoms with Crippen LogP contribution >= 0.6 is 11.3 Å². The minimum atomic E-state index is 0.462. The zero-order valence-corrected chi connectivity index (χ0v) is 13.4. The molecule has 7 nitrogen and oxygen atoms in total. The van der Waals surface area contributed by atoms with Gasteiger partial charge in [0.05, 0.1) is 26.3 Å². The molecule has 114 valence electrons. The minimum Gasteiger partial charge on any atom is -0.481 e. The molecule has 0 radical (unpaired) electrons. The van der Waals surface area contributed by atoms with Crippen LogP contribution < -0.4 is 14.8 Å². The number of aromatic nitrogens is 4. The van der Waals surface area contributed by atoms with E-state index in [2.05, 4.69) is 39.3 Å². The van der Waals surface area contributed by atoms with Gasteiger partial charge in [-0.15, -0.1) is 10.2 Å². The van der Waals surface area contributed by atoms with Gasteiger partial charge in [-0.2, -0.15) is 0 Å². The minimum absolute atomic E-state index is 0.462. The van der Waals surface area contributed by atoms with Crippen LogP contribution in [-0.2, 0) is 13.0 Å². The molecule has 0 fully saturated rings. The van der Waals surface area contributed by atoms with Crippen molar-refractivity contribution in [3.8, 4) is 11.8 Å². The Kier molecular flexibility index (Phi) is 5.26. The molecule has 0 saturated heterocycles. The molecule has 0 saturated carbocycles. The number of nitrogens with zero attached hydrogens (tertiary/aromatic N) is 4. The van der Waals surface area contributed by atoms with Crippen LogP contribution in [0.5, 0.6) is 11.8 Å². The van der Waals surface area contributed by atoms with E-state index in [1.165, 1.54) is 6.33 Å². The first-order valence-electron chi connectivity index (χ1n) is 6.62. The molecule has 1 N–H and O–H groups in total. The molecule has 0 aliphatic heterocycles. The maximum absolute atomic E-state index is 5.23. The third kappa shape index (κ3) is 4.01. The van der Waals surface area contributed by atoms with E-state index in [0.29, 0.717) is 24.2 Å². The van der Waals surface area contributed by atoms with E-state index < -0.39 is 0 Å². The van der Waals surface area contributed by atoms with Crippen molar-refractivity contribution in [3.05, 3.63) is 16.9 Å². The second-order valence-corrected chi connectivity index (χ2v) is 5.89. The molecule has 0 aliphatic carbocycles. The Bertz CT molecular complexity index is 565. The van der Waals surface area contributed by atoms with Crippen molar-refractivity contribution in [1.82, 2.24) is 20.2 Å². The Labute approximate surface area is 127 Å². The second-order valence-electron chi connectivity index (χ2n) is 4.82. The summed E-state index contributed by atoms with van der Waals surface area (Å²) in [5.41, 5.74) is 0.753. The van der Waals surface area contributed by atoms with Gasteiger partial charge in [-0.25, -0.2) is 9.97 Å². The lowest BCUT2D eigenvalue weighted by atomic mass is 10.1. The predicted octanol–water partition coefficient (Wildman–Crippen LogP) is 2.16. The number of hydrogen-bond donors (Lipinski definition) is 1. The molecule has 2 aromatic heterocycles. The second kappa shape index (κ2) is 7.16. The SMILES string of the molecule is COc1ncnc(OC)c1CNc1nnc(CC(C)C)s1. The first kappa shape index (κ1) is 15.4. The fraction of sp³-hybridized carbons (Fsp3) is 0.538. The molecule has 2 rings (SSSR count). The standard InChI is InChI=1S/C13H19N5O2S/c1-8(2)5-10-17-18-13(21-10)14-6-9-11(19-3)15-7-16-12(9)20-4/h7-8H,5-6H2,1-4H3,(H,14,18). The summed E-state index contributed by atoms with van der Waals surface area (Å²) in [5, 5.41) is 13.3. The van der Waals surface area contributed by atoms with Gasteiger partial charge in [0.2, 0.25) is 16.9 Å². The molecule has 0 spiro atoms. The maximum atomic E-state index is 5.23. The summed E-state index contributed by atoms with van der Waals surface area (Å²) >= 11 is 1.55. The average molecular weight is 309 g/mol. The number of nitrogens with one attached hydrogen (secondary N) is 1. The van der Waals surface area contributed by atoms with E-state index in [1.54, 1.807) is 25.6 Å². The number of hydrogen-bond acceptors (Lipinski definition) is 8. The van der Waals surface area contributed by atoms with Gasteiger partial charge in [0.15, 0.2) is 0 Å². The van der Waals surface area contributed by atoms with E-state index in [1.807, 2.05) is 0 Å². The zero-order valence-electron chi connectivity index (χ0n) is 12.6. The Hall–Kier alpha value is -1.96. The van der Waals surface area contributed by atoms with Crippen LogP contribution in [-0.4, -0.2) is 34.4 Å². The van der Waals surface area contributed by atoms with Gasteiger partial charge >= 0.3 is 0 Å². The van der Waals surface area contributed by atoms with E-state index >= 15 is 0 Å². The molecule has 0 bridgehead atoms. The summed E-state index contributed by atoms with van der Waals surface area (Å²) < 4.78 is 10.5. The fourth-order valence-corrected chi connectivity index (χ4v) is 2.75. The van der Waals surface area contributed by atoms with Crippen LogP contribution in [0.15, 0.2) is 6.33 Å². The molecule has 0 unspecified atom stereocenters. The number of ether oxygens (including phenoxy) is 2. The molecule has 2 heterocycles. The summed E-state index contributed by atoms with van der Waals surface area (Å²) in [6.07, 6.45) is 2.34. The van der Waals surface area contributed by atoms with Crippen molar-refractivity contribution in [3.63, 3.8) is 0 Å². The third-order valence-corrected chi connectivity index (χ3v) is 3.62. The smallest absolute Gasteiger partial charge is 0.225 e. The van der Waals surface area contributed by atoms with Crippen LogP contribution in [0, 0.1) is 5.92 Å². The lowest BCUT2D eigenvalue weighted by Crippen LogP contribution is -2.06. The highest BCUT2D eigenvalue weighted by atomic mass is 32.1. The molecule has 2 aromatic rings. The predicted molar refractivity (Wildman–Crippen MR) is 80.9 cm³/mol. The highest BCUT2D eigenvalue weighted by molar-refractivity contribution is 7.15. The molecule has 0 amide bonds. The van der Waals surface area contributed by atoms with Crippen molar-refractivity contribution in [2.24, 2.45) is 5.92 Å². The molecule has 0 aromatic carbocycles. The highest BCUT2D eigenvalue weighted by Crippen LogP contribution is 2.25. The average Bonchev–Trinajstić information content (AvgIpc) is 2.91. The topological polar surface area (TPSA) is 82.1 Å². The lowest BCUT2D eigenvalue weighted by Gasteiger charge is -2.10. The molecular formula is C13H19N5O2S. The third-order valence-electron chi connectivity index (χ3n) is 2.72. The molecule has 8 heteroatoms. The number of rotatable bonds is 7. The van der Waals surface area contributed by atoms with Gasteiger partial charge in [-0.3, -0.25) is 0 Å². The summed E-state index contributed by atoms with van der Waals surface area (Å²) in [4.78, 5) is 8.15. The van der Waals surface area contributed by atoms with Gasteiger partial charge < -0.3 is 14.8 Å². The van der Waals surface area contributed by atoms with Gasteiger partial charge in [0.25, 0.3) is 0 Å². The Morgan fingerprint density at radius 3 is 2.38 bits per heavy atom. The maximum Gasteiger partial charge on any atom is 0.225 e. The van der Waals surface area contributed by atoms with E-state index in [4.69, 9.17) is 9.47 Å². The summed E-state index contributed by atoms with van der Waals surface area (Å²) in [6.45, 7) is 4.78. The van der Waals surface area contributed by atoms with Crippen LogP contribution in [0.25, 0.3) is 0 Å². The zero-order chi connectivity index (χ0) is 15.2. The number of methoxy groups -OCH3 is 2. The first-order chi connectivity index (χ1) is 10.1. The van der Waals surface area contributed by atoms with Gasteiger partial charge in [0, 0.05) is 6.42 Å². The highest BCUT2D eigenvalue weighted by Gasteiger charge is 2.14. The lowest BCUT2D eigenvalue weighted by molar-refractivity contribution is 0.363. The van der Waals surface area contributed by atoms with E-state index in [9.17, 15) is 0 Å². The van der Waals surface area contributed by atoms with Crippen LogP contribution in [0.2, 0.25) is 0 Å². The molecule has 0 atom stereocenters. The summed E-state index contributed by atoms with van der Waals surface area (Å²) in [5.74, 6) is 1.54. The van der Waals surface area contributed by atoms with Crippen molar-refractivity contribution in [2.75, 3.05) is 19.5 Å². The fourth-order valence-electron chi connectivity index (χ4n) is 1.80. The Balaban J connectivity index is 2.07. The van der Waals surface area contributed by atoms with Crippen LogP contribution in [0.3, 0.4) is 0 Å². The van der Waals surface area contributed by atoms with Crippen LogP contribution in [0.1, 0.15) is 24.4 Å². The largest absolute Gasteiger partial charge is 0.481 e. The first-order valence-corrected chi connectivity index (χ1v) is 7.43. The van der Waals surface area contributed by atoms with Gasteiger partial charge in [-0.1, -0.05) is 25.2 Å². The Morgan fingerprint density at radius 1 is 1.14 bits per heavy atom. The van der Waals surface area contributed by atoms with E-state index in [-0.39, 0.29) is 0 Å². The van der Waals surface area contributed by atoms with Crippen molar-refractivity contribution >= 4 is 16.5 Å². The number of anilines is 1. The quantitative estimate of drug-likeness (QED) is 0.839. The molecule has 0 aliphatic rings. The van der Waals surface area contributed by atoms with E-state index in [0.717, 1.165) is 22.1 Å². The normalized spacial score (nSPS) is 10.7.